The van der Waals surface area contributed by atoms with Crippen molar-refractivity contribution in [1.29, 1.82) is 0 Å². The first-order chi connectivity index (χ1) is 14.8. The third-order valence-electron chi connectivity index (χ3n) is 6.47. The summed E-state index contributed by atoms with van der Waals surface area (Å²) >= 11 is 0. The molecule has 4 rings (SSSR count). The summed E-state index contributed by atoms with van der Waals surface area (Å²) in [5, 5.41) is 2.87. The zero-order valence-corrected chi connectivity index (χ0v) is 18.3. The summed E-state index contributed by atoms with van der Waals surface area (Å²) in [6.45, 7) is 7.73. The molecule has 3 unspecified atom stereocenters. The Balaban J connectivity index is 1.36. The summed E-state index contributed by atoms with van der Waals surface area (Å²) in [4.78, 5) is 36.3. The molecule has 0 spiro atoms. The second-order valence-electron chi connectivity index (χ2n) is 8.90. The van der Waals surface area contributed by atoms with Gasteiger partial charge < -0.3 is 10.2 Å². The van der Waals surface area contributed by atoms with Crippen LogP contribution in [-0.4, -0.2) is 39.8 Å². The van der Waals surface area contributed by atoms with Crippen LogP contribution in [0.1, 0.15) is 54.0 Å². The molecule has 1 N–H and O–H groups in total. The number of nitrogens with zero attached hydrogens (tertiary/aromatic N) is 3. The van der Waals surface area contributed by atoms with Crippen molar-refractivity contribution >= 4 is 11.8 Å². The van der Waals surface area contributed by atoms with Crippen molar-refractivity contribution in [3.05, 3.63) is 58.4 Å². The summed E-state index contributed by atoms with van der Waals surface area (Å²) < 4.78 is 13.0. The monoisotopic (exact) mass is 424 g/mol. The van der Waals surface area contributed by atoms with Crippen LogP contribution in [0.2, 0.25) is 0 Å². The lowest BCUT2D eigenvalue weighted by atomic mass is 10.0. The van der Waals surface area contributed by atoms with Crippen molar-refractivity contribution in [1.82, 2.24) is 20.2 Å². The van der Waals surface area contributed by atoms with Gasteiger partial charge in [0.15, 0.2) is 0 Å². The van der Waals surface area contributed by atoms with Crippen LogP contribution < -0.4 is 5.32 Å². The highest BCUT2D eigenvalue weighted by molar-refractivity contribution is 5.82. The van der Waals surface area contributed by atoms with E-state index in [1.54, 1.807) is 12.1 Å². The van der Waals surface area contributed by atoms with Gasteiger partial charge >= 0.3 is 0 Å². The van der Waals surface area contributed by atoms with Gasteiger partial charge in [-0.1, -0.05) is 19.1 Å². The SMILES string of the molecule is Cc1nc(C2CCN(C(=O)C3CC3C)C2)nc(C)c1CC(=O)NCc1ccc(F)cc1. The molecule has 1 aromatic carbocycles. The molecule has 2 aliphatic rings. The smallest absolute Gasteiger partial charge is 0.225 e. The van der Waals surface area contributed by atoms with Gasteiger partial charge in [-0.25, -0.2) is 14.4 Å². The number of aromatic nitrogens is 2. The Labute approximate surface area is 182 Å². The predicted octanol–water partition coefficient (Wildman–Crippen LogP) is 3.06. The number of benzene rings is 1. The third-order valence-corrected chi connectivity index (χ3v) is 6.47. The fraction of sp³-hybridized carbons (Fsp3) is 0.500. The third kappa shape index (κ3) is 4.92. The van der Waals surface area contributed by atoms with Crippen LogP contribution in [0.5, 0.6) is 0 Å². The highest BCUT2D eigenvalue weighted by atomic mass is 19.1. The van der Waals surface area contributed by atoms with Gasteiger partial charge in [0.1, 0.15) is 11.6 Å². The van der Waals surface area contributed by atoms with Gasteiger partial charge in [0.2, 0.25) is 11.8 Å². The van der Waals surface area contributed by atoms with Crippen LogP contribution in [0.25, 0.3) is 0 Å². The number of rotatable bonds is 6. The number of hydrogen-bond acceptors (Lipinski definition) is 4. The molecule has 1 aliphatic heterocycles. The number of aryl methyl sites for hydroxylation is 2. The van der Waals surface area contributed by atoms with E-state index >= 15 is 0 Å². The van der Waals surface area contributed by atoms with Crippen LogP contribution >= 0.6 is 0 Å². The number of nitrogens with one attached hydrogen (secondary N) is 1. The highest BCUT2D eigenvalue weighted by Gasteiger charge is 2.43. The maximum Gasteiger partial charge on any atom is 0.225 e. The number of carbonyl (C=O) groups excluding carboxylic acids is 2. The van der Waals surface area contributed by atoms with Crippen molar-refractivity contribution in [2.75, 3.05) is 13.1 Å². The van der Waals surface area contributed by atoms with Crippen LogP contribution in [-0.2, 0) is 22.6 Å². The van der Waals surface area contributed by atoms with E-state index in [1.807, 2.05) is 18.7 Å². The van der Waals surface area contributed by atoms with Gasteiger partial charge in [-0.2, -0.15) is 0 Å². The molecule has 2 heterocycles. The maximum atomic E-state index is 13.0. The van der Waals surface area contributed by atoms with E-state index in [4.69, 9.17) is 9.97 Å². The summed E-state index contributed by atoms with van der Waals surface area (Å²) in [7, 11) is 0. The van der Waals surface area contributed by atoms with Crippen molar-refractivity contribution in [2.45, 2.75) is 52.5 Å². The molecule has 0 radical (unpaired) electrons. The van der Waals surface area contributed by atoms with Crippen LogP contribution in [0.15, 0.2) is 24.3 Å². The number of carbonyl (C=O) groups is 2. The molecule has 3 atom stereocenters. The number of hydrogen-bond donors (Lipinski definition) is 1. The minimum atomic E-state index is -0.296. The van der Waals surface area contributed by atoms with Crippen molar-refractivity contribution < 1.29 is 14.0 Å². The molecule has 7 heteroatoms. The van der Waals surface area contributed by atoms with Gasteiger partial charge in [-0.15, -0.1) is 0 Å². The molecule has 164 valence electrons. The highest BCUT2D eigenvalue weighted by Crippen LogP contribution is 2.40. The topological polar surface area (TPSA) is 75.2 Å². The minimum Gasteiger partial charge on any atom is -0.352 e. The normalized spacial score (nSPS) is 22.5. The van der Waals surface area contributed by atoms with Gasteiger partial charge in [0, 0.05) is 48.4 Å². The van der Waals surface area contributed by atoms with Crippen molar-refractivity contribution in [2.24, 2.45) is 11.8 Å². The lowest BCUT2D eigenvalue weighted by Gasteiger charge is -2.17. The second-order valence-corrected chi connectivity index (χ2v) is 8.90. The van der Waals surface area contributed by atoms with Crippen molar-refractivity contribution in [3.8, 4) is 0 Å². The Morgan fingerprint density at radius 2 is 1.81 bits per heavy atom. The Kier molecular flexibility index (Phi) is 6.03. The molecule has 1 aromatic heterocycles. The van der Waals surface area contributed by atoms with Crippen LogP contribution in [0, 0.1) is 31.5 Å². The summed E-state index contributed by atoms with van der Waals surface area (Å²) in [5.74, 6) is 1.50. The molecular formula is C24H29FN4O2. The Bertz CT molecular complexity index is 969. The lowest BCUT2D eigenvalue weighted by molar-refractivity contribution is -0.131. The van der Waals surface area contributed by atoms with Crippen LogP contribution in [0.4, 0.5) is 4.39 Å². The largest absolute Gasteiger partial charge is 0.352 e. The van der Waals surface area contributed by atoms with Gasteiger partial charge in [-0.05, 0) is 50.3 Å². The first kappa shape index (κ1) is 21.4. The summed E-state index contributed by atoms with van der Waals surface area (Å²) in [6.07, 6.45) is 2.09. The van der Waals surface area contributed by atoms with Gasteiger partial charge in [0.05, 0.1) is 6.42 Å². The number of likely N-dealkylation sites (tertiary alicyclic amines) is 1. The number of amides is 2. The van der Waals surface area contributed by atoms with E-state index in [2.05, 4.69) is 12.2 Å². The van der Waals surface area contributed by atoms with Gasteiger partial charge in [0.25, 0.3) is 0 Å². The molecule has 31 heavy (non-hydrogen) atoms. The molecule has 1 aliphatic carbocycles. The summed E-state index contributed by atoms with van der Waals surface area (Å²) in [6, 6.07) is 6.07. The van der Waals surface area contributed by atoms with E-state index in [0.717, 1.165) is 47.7 Å². The maximum absolute atomic E-state index is 13.0. The number of halogens is 1. The fourth-order valence-electron chi connectivity index (χ4n) is 4.30. The van der Waals surface area contributed by atoms with E-state index in [9.17, 15) is 14.0 Å². The second kappa shape index (κ2) is 8.73. The molecule has 0 bridgehead atoms. The van der Waals surface area contributed by atoms with E-state index in [0.29, 0.717) is 19.0 Å². The molecule has 1 saturated heterocycles. The molecule has 2 fully saturated rings. The van der Waals surface area contributed by atoms with E-state index in [-0.39, 0.29) is 35.9 Å². The zero-order valence-electron chi connectivity index (χ0n) is 18.3. The van der Waals surface area contributed by atoms with Crippen LogP contribution in [0.3, 0.4) is 0 Å². The Hall–Kier alpha value is -2.83. The standard InChI is InChI=1S/C24H29FN4O2/c1-14-10-20(14)24(31)29-9-8-18(13-29)23-27-15(2)21(16(3)28-23)11-22(30)26-12-17-4-6-19(25)7-5-17/h4-7,14,18,20H,8-13H2,1-3H3,(H,26,30). The fourth-order valence-corrected chi connectivity index (χ4v) is 4.30. The average molecular weight is 425 g/mol. The first-order valence-electron chi connectivity index (χ1n) is 11.0. The minimum absolute atomic E-state index is 0.122. The predicted molar refractivity (Wildman–Crippen MR) is 115 cm³/mol. The molecule has 6 nitrogen and oxygen atoms in total. The molecule has 2 amide bonds. The quantitative estimate of drug-likeness (QED) is 0.773. The molecule has 1 saturated carbocycles. The van der Waals surface area contributed by atoms with E-state index < -0.39 is 0 Å². The average Bonchev–Trinajstić information content (AvgIpc) is 3.26. The zero-order chi connectivity index (χ0) is 22.1. The molecular weight excluding hydrogens is 395 g/mol. The summed E-state index contributed by atoms with van der Waals surface area (Å²) in [5.41, 5.74) is 3.29. The Morgan fingerprint density at radius 3 is 2.42 bits per heavy atom. The first-order valence-corrected chi connectivity index (χ1v) is 11.0. The van der Waals surface area contributed by atoms with E-state index in [1.165, 1.54) is 12.1 Å². The Morgan fingerprint density at radius 1 is 1.16 bits per heavy atom. The van der Waals surface area contributed by atoms with Crippen molar-refractivity contribution in [3.63, 3.8) is 0 Å². The lowest BCUT2D eigenvalue weighted by Crippen LogP contribution is -2.30. The van der Waals surface area contributed by atoms with Gasteiger partial charge in [-0.3, -0.25) is 9.59 Å². The molecule has 2 aromatic rings.